The largest absolute Gasteiger partial charge is 0.385 e. The normalized spacial score (nSPS) is 10.6. The van der Waals surface area contributed by atoms with E-state index in [-0.39, 0.29) is 5.82 Å². The molecule has 0 saturated carbocycles. The van der Waals surface area contributed by atoms with Crippen LogP contribution in [0.3, 0.4) is 0 Å². The molecule has 94 valence electrons. The van der Waals surface area contributed by atoms with Crippen molar-refractivity contribution in [3.63, 3.8) is 0 Å². The number of benzene rings is 1. The minimum absolute atomic E-state index is 0.252. The van der Waals surface area contributed by atoms with Crippen LogP contribution in [0.25, 0.3) is 22.3 Å². The summed E-state index contributed by atoms with van der Waals surface area (Å²) in [6.07, 6.45) is 5.27. The van der Waals surface area contributed by atoms with Gasteiger partial charge in [0.1, 0.15) is 11.6 Å². The van der Waals surface area contributed by atoms with E-state index >= 15 is 0 Å². The average molecular weight is 253 g/mol. The van der Waals surface area contributed by atoms with Crippen molar-refractivity contribution in [1.29, 1.82) is 0 Å². The monoisotopic (exact) mass is 253 g/mol. The number of hydrogen-bond acceptors (Lipinski definition) is 2. The molecule has 2 heterocycles. The molecule has 0 atom stereocenters. The Morgan fingerprint density at radius 2 is 1.63 bits per heavy atom. The molecule has 0 amide bonds. The van der Waals surface area contributed by atoms with E-state index in [9.17, 15) is 4.39 Å². The van der Waals surface area contributed by atoms with Crippen LogP contribution in [0.1, 0.15) is 0 Å². The van der Waals surface area contributed by atoms with E-state index < -0.39 is 0 Å². The molecule has 4 heteroatoms. The van der Waals surface area contributed by atoms with Crippen LogP contribution in [0, 0.1) is 5.82 Å². The van der Waals surface area contributed by atoms with E-state index in [0.717, 1.165) is 22.3 Å². The molecule has 0 aliphatic carbocycles. The van der Waals surface area contributed by atoms with E-state index in [1.165, 1.54) is 12.1 Å². The van der Waals surface area contributed by atoms with Crippen molar-refractivity contribution in [3.8, 4) is 22.3 Å². The first-order chi connectivity index (χ1) is 9.25. The molecule has 0 unspecified atom stereocenters. The molecule has 0 bridgehead atoms. The van der Waals surface area contributed by atoms with Gasteiger partial charge in [-0.25, -0.2) is 4.39 Å². The fraction of sp³-hybridized carbons (Fsp3) is 0. The van der Waals surface area contributed by atoms with E-state index in [2.05, 4.69) is 9.97 Å². The van der Waals surface area contributed by atoms with Gasteiger partial charge >= 0.3 is 0 Å². The highest BCUT2D eigenvalue weighted by Crippen LogP contribution is 2.36. The second-order valence-electron chi connectivity index (χ2n) is 4.23. The molecule has 0 aliphatic heterocycles. The SMILES string of the molecule is Nc1[nH]cc(-c2ccc(F)cc2)c1-c1ccncc1. The molecule has 0 aliphatic rings. The standard InChI is InChI=1S/C15H12FN3/c16-12-3-1-10(2-4-12)13-9-19-15(17)14(13)11-5-7-18-8-6-11/h1-9,19H,17H2. The number of pyridine rings is 1. The third-order valence-electron chi connectivity index (χ3n) is 3.03. The topological polar surface area (TPSA) is 54.7 Å². The number of nitrogens with two attached hydrogens (primary N) is 1. The molecule has 3 nitrogen and oxygen atoms in total. The van der Waals surface area contributed by atoms with Crippen LogP contribution in [-0.4, -0.2) is 9.97 Å². The van der Waals surface area contributed by atoms with E-state index in [1.54, 1.807) is 24.5 Å². The Morgan fingerprint density at radius 1 is 0.947 bits per heavy atom. The van der Waals surface area contributed by atoms with Crippen LogP contribution in [0.5, 0.6) is 0 Å². The Balaban J connectivity index is 2.16. The second kappa shape index (κ2) is 4.57. The van der Waals surface area contributed by atoms with Gasteiger partial charge in [-0.05, 0) is 35.4 Å². The Bertz CT molecular complexity index is 687. The van der Waals surface area contributed by atoms with Gasteiger partial charge < -0.3 is 10.7 Å². The first kappa shape index (κ1) is 11.5. The third kappa shape index (κ3) is 2.08. The first-order valence-electron chi connectivity index (χ1n) is 5.89. The fourth-order valence-electron chi connectivity index (χ4n) is 2.13. The predicted octanol–water partition coefficient (Wildman–Crippen LogP) is 3.47. The minimum atomic E-state index is -0.252. The van der Waals surface area contributed by atoms with Gasteiger partial charge in [-0.15, -0.1) is 0 Å². The maximum absolute atomic E-state index is 13.0. The van der Waals surface area contributed by atoms with E-state index in [4.69, 9.17) is 5.73 Å². The van der Waals surface area contributed by atoms with Gasteiger partial charge in [0.25, 0.3) is 0 Å². The number of aromatic nitrogens is 2. The van der Waals surface area contributed by atoms with Crippen molar-refractivity contribution < 1.29 is 4.39 Å². The highest BCUT2D eigenvalue weighted by Gasteiger charge is 2.12. The summed E-state index contributed by atoms with van der Waals surface area (Å²) < 4.78 is 13.0. The van der Waals surface area contributed by atoms with Gasteiger partial charge in [0, 0.05) is 29.7 Å². The number of nitrogen functional groups attached to an aromatic ring is 1. The molecule has 1 aromatic carbocycles. The molecule has 3 aromatic rings. The molecule has 3 rings (SSSR count). The Hall–Kier alpha value is -2.62. The van der Waals surface area contributed by atoms with Gasteiger partial charge in [-0.2, -0.15) is 0 Å². The van der Waals surface area contributed by atoms with Crippen LogP contribution < -0.4 is 5.73 Å². The molecular weight excluding hydrogens is 241 g/mol. The quantitative estimate of drug-likeness (QED) is 0.734. The van der Waals surface area contributed by atoms with Gasteiger partial charge in [-0.1, -0.05) is 12.1 Å². The molecule has 19 heavy (non-hydrogen) atoms. The van der Waals surface area contributed by atoms with Gasteiger partial charge in [0.05, 0.1) is 0 Å². The smallest absolute Gasteiger partial charge is 0.123 e. The zero-order valence-corrected chi connectivity index (χ0v) is 10.1. The molecule has 0 radical (unpaired) electrons. The molecule has 0 spiro atoms. The average Bonchev–Trinajstić information content (AvgIpc) is 2.82. The number of aromatic amines is 1. The summed E-state index contributed by atoms with van der Waals surface area (Å²) in [5.41, 5.74) is 9.75. The molecule has 2 aromatic heterocycles. The lowest BCUT2D eigenvalue weighted by atomic mass is 9.99. The van der Waals surface area contributed by atoms with Crippen molar-refractivity contribution in [2.75, 3.05) is 5.73 Å². The number of H-pyrrole nitrogens is 1. The van der Waals surface area contributed by atoms with Crippen molar-refractivity contribution in [2.24, 2.45) is 0 Å². The zero-order valence-electron chi connectivity index (χ0n) is 10.1. The van der Waals surface area contributed by atoms with Gasteiger partial charge in [0.2, 0.25) is 0 Å². The maximum atomic E-state index is 13.0. The summed E-state index contributed by atoms with van der Waals surface area (Å²) in [4.78, 5) is 7.01. The Labute approximate surface area is 109 Å². The number of rotatable bonds is 2. The van der Waals surface area contributed by atoms with Gasteiger partial charge in [0.15, 0.2) is 0 Å². The lowest BCUT2D eigenvalue weighted by Gasteiger charge is -2.05. The molecule has 3 N–H and O–H groups in total. The molecule has 0 saturated heterocycles. The van der Waals surface area contributed by atoms with Crippen LogP contribution in [-0.2, 0) is 0 Å². The van der Waals surface area contributed by atoms with Crippen LogP contribution >= 0.6 is 0 Å². The van der Waals surface area contributed by atoms with Crippen molar-refractivity contribution in [1.82, 2.24) is 9.97 Å². The number of halogens is 1. The first-order valence-corrected chi connectivity index (χ1v) is 5.89. The summed E-state index contributed by atoms with van der Waals surface area (Å²) in [5, 5.41) is 0. The van der Waals surface area contributed by atoms with Crippen molar-refractivity contribution in [2.45, 2.75) is 0 Å². The van der Waals surface area contributed by atoms with Crippen molar-refractivity contribution >= 4 is 5.82 Å². The van der Waals surface area contributed by atoms with Crippen LogP contribution in [0.15, 0.2) is 55.0 Å². The minimum Gasteiger partial charge on any atom is -0.385 e. The maximum Gasteiger partial charge on any atom is 0.123 e. The summed E-state index contributed by atoms with van der Waals surface area (Å²) in [7, 11) is 0. The summed E-state index contributed by atoms with van der Waals surface area (Å²) >= 11 is 0. The highest BCUT2D eigenvalue weighted by atomic mass is 19.1. The zero-order chi connectivity index (χ0) is 13.2. The number of hydrogen-bond donors (Lipinski definition) is 2. The number of nitrogens with zero attached hydrogens (tertiary/aromatic N) is 1. The fourth-order valence-corrected chi connectivity index (χ4v) is 2.13. The number of nitrogens with one attached hydrogen (secondary N) is 1. The number of anilines is 1. The summed E-state index contributed by atoms with van der Waals surface area (Å²) in [5.74, 6) is 0.336. The Morgan fingerprint density at radius 3 is 2.32 bits per heavy atom. The van der Waals surface area contributed by atoms with Gasteiger partial charge in [-0.3, -0.25) is 4.98 Å². The summed E-state index contributed by atoms with van der Waals surface area (Å²) in [6.45, 7) is 0. The summed E-state index contributed by atoms with van der Waals surface area (Å²) in [6, 6.07) is 10.1. The van der Waals surface area contributed by atoms with E-state index in [1.807, 2.05) is 18.3 Å². The Kier molecular flexibility index (Phi) is 2.76. The lowest BCUT2D eigenvalue weighted by Crippen LogP contribution is -1.89. The van der Waals surface area contributed by atoms with E-state index in [0.29, 0.717) is 5.82 Å². The lowest BCUT2D eigenvalue weighted by molar-refractivity contribution is 0.628. The van der Waals surface area contributed by atoms with Crippen LogP contribution in [0.2, 0.25) is 0 Å². The predicted molar refractivity (Wildman–Crippen MR) is 73.8 cm³/mol. The third-order valence-corrected chi connectivity index (χ3v) is 3.03. The van der Waals surface area contributed by atoms with Crippen molar-refractivity contribution in [3.05, 3.63) is 60.8 Å². The second-order valence-corrected chi connectivity index (χ2v) is 4.23. The highest BCUT2D eigenvalue weighted by molar-refractivity contribution is 5.90. The molecular formula is C15H12FN3. The van der Waals surface area contributed by atoms with Crippen LogP contribution in [0.4, 0.5) is 10.2 Å². The molecule has 0 fully saturated rings.